The summed E-state index contributed by atoms with van der Waals surface area (Å²) < 4.78 is 4.98. The molecule has 0 amide bonds. The van der Waals surface area contributed by atoms with Crippen LogP contribution in [0.4, 0.5) is 5.82 Å². The minimum atomic E-state index is 0.581. The molecule has 0 saturated carbocycles. The predicted molar refractivity (Wildman–Crippen MR) is 78.9 cm³/mol. The average Bonchev–Trinajstić information content (AvgIpc) is 3.22. The number of likely N-dealkylation sites (N-methyl/N-ethyl adjacent to an activating group) is 1. The molecule has 2 aliphatic rings. The van der Waals surface area contributed by atoms with E-state index >= 15 is 0 Å². The lowest BCUT2D eigenvalue weighted by Gasteiger charge is -2.32. The second kappa shape index (κ2) is 4.90. The first-order valence-corrected chi connectivity index (χ1v) is 7.14. The van der Waals surface area contributed by atoms with Crippen molar-refractivity contribution in [3.63, 3.8) is 0 Å². The van der Waals surface area contributed by atoms with E-state index < -0.39 is 0 Å². The Morgan fingerprint density at radius 2 is 2.10 bits per heavy atom. The standard InChI is InChI=1S/C16H16N4O/c1-19-9-15-8-14(19)10-20(15)16-5-4-13(17-18-16)3-2-12-6-7-21-11-12/h4-7,11,14-15H,8-10H2,1H3/t14-,15-/m0/s1. The summed E-state index contributed by atoms with van der Waals surface area (Å²) in [5.41, 5.74) is 1.53. The van der Waals surface area contributed by atoms with Gasteiger partial charge in [-0.3, -0.25) is 4.90 Å². The molecule has 2 bridgehead atoms. The maximum atomic E-state index is 4.98. The number of furan rings is 1. The Kier molecular flexibility index (Phi) is 2.90. The van der Waals surface area contributed by atoms with Gasteiger partial charge in [0.2, 0.25) is 0 Å². The highest BCUT2D eigenvalue weighted by atomic mass is 16.3. The third-order valence-electron chi connectivity index (χ3n) is 4.32. The lowest BCUT2D eigenvalue weighted by atomic mass is 10.2. The molecule has 0 spiro atoms. The van der Waals surface area contributed by atoms with Gasteiger partial charge in [0.25, 0.3) is 0 Å². The van der Waals surface area contributed by atoms with Gasteiger partial charge in [0.05, 0.1) is 11.8 Å². The molecule has 21 heavy (non-hydrogen) atoms. The first-order valence-electron chi connectivity index (χ1n) is 7.14. The molecular formula is C16H16N4O. The normalized spacial score (nSPS) is 24.1. The molecule has 2 saturated heterocycles. The van der Waals surface area contributed by atoms with E-state index in [0.29, 0.717) is 17.8 Å². The Bertz CT molecular complexity index is 681. The van der Waals surface area contributed by atoms with Gasteiger partial charge in [-0.05, 0) is 37.6 Å². The Labute approximate surface area is 123 Å². The fourth-order valence-electron chi connectivity index (χ4n) is 3.16. The van der Waals surface area contributed by atoms with E-state index in [1.807, 2.05) is 18.2 Å². The molecule has 0 aliphatic carbocycles. The summed E-state index contributed by atoms with van der Waals surface area (Å²) >= 11 is 0. The number of piperazine rings is 1. The van der Waals surface area contributed by atoms with Crippen LogP contribution < -0.4 is 4.90 Å². The second-order valence-corrected chi connectivity index (χ2v) is 5.67. The van der Waals surface area contributed by atoms with Crippen molar-refractivity contribution in [2.24, 2.45) is 0 Å². The van der Waals surface area contributed by atoms with Gasteiger partial charge in [0, 0.05) is 25.2 Å². The Morgan fingerprint density at radius 1 is 1.14 bits per heavy atom. The third kappa shape index (κ3) is 2.28. The number of aromatic nitrogens is 2. The summed E-state index contributed by atoms with van der Waals surface area (Å²) in [6.45, 7) is 2.17. The van der Waals surface area contributed by atoms with E-state index in [1.165, 1.54) is 6.42 Å². The second-order valence-electron chi connectivity index (χ2n) is 5.67. The molecule has 2 aromatic heterocycles. The van der Waals surface area contributed by atoms with Gasteiger partial charge in [0.1, 0.15) is 12.0 Å². The molecule has 106 valence electrons. The monoisotopic (exact) mass is 280 g/mol. The van der Waals surface area contributed by atoms with Crippen LogP contribution in [0.2, 0.25) is 0 Å². The van der Waals surface area contributed by atoms with Gasteiger partial charge in [-0.1, -0.05) is 5.92 Å². The smallest absolute Gasteiger partial charge is 0.151 e. The highest BCUT2D eigenvalue weighted by Gasteiger charge is 2.41. The summed E-state index contributed by atoms with van der Waals surface area (Å²) in [7, 11) is 2.20. The van der Waals surface area contributed by atoms with Crippen LogP contribution in [0.5, 0.6) is 0 Å². The largest absolute Gasteiger partial charge is 0.471 e. The van der Waals surface area contributed by atoms with Gasteiger partial charge < -0.3 is 9.32 Å². The third-order valence-corrected chi connectivity index (χ3v) is 4.32. The van der Waals surface area contributed by atoms with Crippen LogP contribution >= 0.6 is 0 Å². The van der Waals surface area contributed by atoms with Crippen molar-refractivity contribution in [1.82, 2.24) is 15.1 Å². The topological polar surface area (TPSA) is 45.4 Å². The van der Waals surface area contributed by atoms with Crippen LogP contribution in [0.25, 0.3) is 0 Å². The quantitative estimate of drug-likeness (QED) is 0.738. The summed E-state index contributed by atoms with van der Waals surface area (Å²) in [6.07, 6.45) is 4.46. The molecule has 2 aliphatic heterocycles. The summed E-state index contributed by atoms with van der Waals surface area (Å²) in [6, 6.07) is 7.03. The van der Waals surface area contributed by atoms with E-state index in [0.717, 1.165) is 24.5 Å². The number of nitrogens with zero attached hydrogens (tertiary/aromatic N) is 4. The van der Waals surface area contributed by atoms with E-state index in [2.05, 4.69) is 38.9 Å². The number of rotatable bonds is 1. The first kappa shape index (κ1) is 12.4. The van der Waals surface area contributed by atoms with E-state index in [9.17, 15) is 0 Å². The molecule has 0 N–H and O–H groups in total. The number of hydrogen-bond donors (Lipinski definition) is 0. The SMILES string of the molecule is CN1C[C@@H]2C[C@H]1CN2c1ccc(C#Cc2ccoc2)nn1. The van der Waals surface area contributed by atoms with Crippen LogP contribution in [0, 0.1) is 11.8 Å². The van der Waals surface area contributed by atoms with Gasteiger partial charge in [0.15, 0.2) is 5.82 Å². The van der Waals surface area contributed by atoms with Crippen LogP contribution in [0.1, 0.15) is 17.7 Å². The lowest BCUT2D eigenvalue weighted by molar-refractivity contribution is 0.292. The molecule has 5 heteroatoms. The van der Waals surface area contributed by atoms with Gasteiger partial charge in [-0.15, -0.1) is 10.2 Å². The van der Waals surface area contributed by atoms with Crippen molar-refractivity contribution in [2.45, 2.75) is 18.5 Å². The zero-order valence-corrected chi connectivity index (χ0v) is 11.9. The molecule has 2 aromatic rings. The molecule has 2 fully saturated rings. The Morgan fingerprint density at radius 3 is 2.71 bits per heavy atom. The zero-order chi connectivity index (χ0) is 14.2. The van der Waals surface area contributed by atoms with Crippen LogP contribution in [-0.4, -0.2) is 47.3 Å². The van der Waals surface area contributed by atoms with E-state index in [1.54, 1.807) is 12.5 Å². The fraction of sp³-hybridized carbons (Fsp3) is 0.375. The summed E-state index contributed by atoms with van der Waals surface area (Å²) in [5.74, 6) is 6.95. The molecule has 0 unspecified atom stereocenters. The minimum absolute atomic E-state index is 0.581. The fourth-order valence-corrected chi connectivity index (χ4v) is 3.16. The number of anilines is 1. The lowest BCUT2D eigenvalue weighted by Crippen LogP contribution is -2.44. The maximum absolute atomic E-state index is 4.98. The molecule has 2 atom stereocenters. The molecule has 4 heterocycles. The van der Waals surface area contributed by atoms with Crippen LogP contribution in [0.3, 0.4) is 0 Å². The molecule has 4 rings (SSSR count). The number of likely N-dealkylation sites (tertiary alicyclic amines) is 1. The van der Waals surface area contributed by atoms with Crippen LogP contribution in [0.15, 0.2) is 35.1 Å². The Hall–Kier alpha value is -2.32. The molecule has 0 aromatic carbocycles. The summed E-state index contributed by atoms with van der Waals surface area (Å²) in [5, 5.41) is 8.55. The van der Waals surface area contributed by atoms with Crippen molar-refractivity contribution in [2.75, 3.05) is 25.0 Å². The van der Waals surface area contributed by atoms with Crippen molar-refractivity contribution in [3.8, 4) is 11.8 Å². The molecule has 0 radical (unpaired) electrons. The highest BCUT2D eigenvalue weighted by molar-refractivity contribution is 5.45. The van der Waals surface area contributed by atoms with Crippen molar-refractivity contribution in [1.29, 1.82) is 0 Å². The first-order chi connectivity index (χ1) is 10.3. The van der Waals surface area contributed by atoms with E-state index in [4.69, 9.17) is 4.42 Å². The molecular weight excluding hydrogens is 264 g/mol. The van der Waals surface area contributed by atoms with Crippen molar-refractivity contribution in [3.05, 3.63) is 42.0 Å². The average molecular weight is 280 g/mol. The molecule has 5 nitrogen and oxygen atoms in total. The predicted octanol–water partition coefficient (Wildman–Crippen LogP) is 1.36. The Balaban J connectivity index is 1.50. The number of fused-ring (bicyclic) bond motifs is 2. The number of hydrogen-bond acceptors (Lipinski definition) is 5. The van der Waals surface area contributed by atoms with Crippen molar-refractivity contribution < 1.29 is 4.42 Å². The summed E-state index contributed by atoms with van der Waals surface area (Å²) in [4.78, 5) is 4.80. The zero-order valence-electron chi connectivity index (χ0n) is 11.9. The maximum Gasteiger partial charge on any atom is 0.151 e. The van der Waals surface area contributed by atoms with Gasteiger partial charge in [-0.2, -0.15) is 0 Å². The minimum Gasteiger partial charge on any atom is -0.471 e. The van der Waals surface area contributed by atoms with Gasteiger partial charge >= 0.3 is 0 Å². The highest BCUT2D eigenvalue weighted by Crippen LogP contribution is 2.32. The van der Waals surface area contributed by atoms with Crippen molar-refractivity contribution >= 4 is 5.82 Å². The van der Waals surface area contributed by atoms with E-state index in [-0.39, 0.29) is 0 Å². The van der Waals surface area contributed by atoms with Crippen LogP contribution in [-0.2, 0) is 0 Å². The van der Waals surface area contributed by atoms with Gasteiger partial charge in [-0.25, -0.2) is 0 Å².